The van der Waals surface area contributed by atoms with Gasteiger partial charge < -0.3 is 56.9 Å². The largest absolute Gasteiger partial charge is 0.469 e. The van der Waals surface area contributed by atoms with Crippen LogP contribution in [0.2, 0.25) is 0 Å². The summed E-state index contributed by atoms with van der Waals surface area (Å²) in [6, 6.07) is 2.50. The number of rotatable bonds is 20. The number of alkyl carbamates (subject to hydrolysis) is 1. The summed E-state index contributed by atoms with van der Waals surface area (Å²) in [5, 5.41) is 15.2. The minimum atomic E-state index is -4.71. The second-order valence-electron chi connectivity index (χ2n) is 11.9. The molecule has 1 aliphatic rings. The van der Waals surface area contributed by atoms with Gasteiger partial charge in [-0.25, -0.2) is 18.9 Å². The molecule has 20 nitrogen and oxygen atoms in total. The van der Waals surface area contributed by atoms with E-state index in [1.807, 2.05) is 0 Å². The lowest BCUT2D eigenvalue weighted by atomic mass is 10.0. The van der Waals surface area contributed by atoms with Crippen LogP contribution in [-0.2, 0) is 49.1 Å². The Labute approximate surface area is 293 Å². The molecular formula is C30H46N7O13P. The van der Waals surface area contributed by atoms with Gasteiger partial charge in [-0.3, -0.25) is 23.7 Å². The molecule has 0 spiro atoms. The normalized spacial score (nSPS) is 15.8. The van der Waals surface area contributed by atoms with Crippen molar-refractivity contribution in [2.24, 2.45) is 11.7 Å². The molecule has 1 aromatic rings. The topological polar surface area (TPSA) is 303 Å². The Balaban J connectivity index is 1.96. The van der Waals surface area contributed by atoms with Crippen LogP contribution in [0.1, 0.15) is 58.4 Å². The lowest BCUT2D eigenvalue weighted by molar-refractivity contribution is -0.141. The Morgan fingerprint density at radius 1 is 0.980 bits per heavy atom. The highest BCUT2D eigenvalue weighted by atomic mass is 31.2. The molecule has 0 radical (unpaired) electrons. The third-order valence-corrected chi connectivity index (χ3v) is 7.79. The fourth-order valence-electron chi connectivity index (χ4n) is 4.56. The second kappa shape index (κ2) is 20.8. The molecule has 1 aromatic carbocycles. The van der Waals surface area contributed by atoms with Gasteiger partial charge in [0.15, 0.2) is 0 Å². The number of phosphoric ester groups is 1. The van der Waals surface area contributed by atoms with Gasteiger partial charge in [-0.15, -0.1) is 0 Å². The highest BCUT2D eigenvalue weighted by Gasteiger charge is 2.30. The van der Waals surface area contributed by atoms with Gasteiger partial charge in [0.05, 0.1) is 12.7 Å². The number of carbonyl (C=O) groups excluding carboxylic acids is 7. The van der Waals surface area contributed by atoms with Crippen molar-refractivity contribution >= 4 is 55.2 Å². The number of nitrogens with two attached hydrogens (primary N) is 1. The van der Waals surface area contributed by atoms with Gasteiger partial charge in [-0.2, -0.15) is 0 Å². The van der Waals surface area contributed by atoms with Crippen LogP contribution in [0.15, 0.2) is 24.3 Å². The predicted molar refractivity (Wildman–Crippen MR) is 178 cm³/mol. The third kappa shape index (κ3) is 17.1. The summed E-state index contributed by atoms with van der Waals surface area (Å²) in [5.41, 5.74) is 5.99. The minimum absolute atomic E-state index is 0.0826. The minimum Gasteiger partial charge on any atom is -0.464 e. The molecule has 0 aromatic heterocycles. The molecule has 4 atom stereocenters. The van der Waals surface area contributed by atoms with E-state index >= 15 is 0 Å². The van der Waals surface area contributed by atoms with E-state index in [-0.39, 0.29) is 52.0 Å². The average molecular weight is 744 g/mol. The van der Waals surface area contributed by atoms with E-state index in [1.54, 1.807) is 26.0 Å². The second-order valence-corrected chi connectivity index (χ2v) is 13.1. The average Bonchev–Trinajstić information content (AvgIpc) is 3.44. The van der Waals surface area contributed by atoms with Crippen molar-refractivity contribution in [3.63, 3.8) is 0 Å². The first kappa shape index (κ1) is 42.4. The molecule has 1 fully saturated rings. The van der Waals surface area contributed by atoms with Crippen LogP contribution in [-0.4, -0.2) is 95.4 Å². The van der Waals surface area contributed by atoms with Crippen LogP contribution in [0.3, 0.4) is 0 Å². The standard InChI is InChI=1S/C30H46N7O13P/c1-17(2)25(37-24(39)11-10-23(38)35-22-12-14-48-28(22)42)27(41)36-21(5-4-13-32-29(31)43)26(40)34-20-8-6-19(7-9-20)16-49-30(44)33-15-18(3)50-51(45,46)47/h6-9,17-18,21-22,25H,4-5,10-16H2,1-3H3,(H,33,44)(H,34,40)(H,35,38)(H,36,41)(H,37,39)(H3,31,32,43)(H2,45,46,47)/t18-,21-,22-,25-/m0/s1. The van der Waals surface area contributed by atoms with Crippen molar-refractivity contribution in [3.05, 3.63) is 29.8 Å². The summed E-state index contributed by atoms with van der Waals surface area (Å²) < 4.78 is 25.1. The number of carbonyl (C=O) groups is 7. The summed E-state index contributed by atoms with van der Waals surface area (Å²) in [5.74, 6) is -3.33. The number of anilines is 1. The number of esters is 1. The van der Waals surface area contributed by atoms with Crippen molar-refractivity contribution in [3.8, 4) is 0 Å². The maximum absolute atomic E-state index is 13.3. The summed E-state index contributed by atoms with van der Waals surface area (Å²) in [6.07, 6.45) is -1.63. The van der Waals surface area contributed by atoms with Crippen molar-refractivity contribution in [1.82, 2.24) is 26.6 Å². The zero-order valence-corrected chi connectivity index (χ0v) is 29.4. The first-order valence-electron chi connectivity index (χ1n) is 16.1. The Bertz CT molecular complexity index is 1440. The van der Waals surface area contributed by atoms with E-state index in [4.69, 9.17) is 25.0 Å². The number of ether oxygens (including phenoxy) is 2. The summed E-state index contributed by atoms with van der Waals surface area (Å²) in [7, 11) is -4.71. The molecule has 7 amide bonds. The van der Waals surface area contributed by atoms with Gasteiger partial charge >= 0.3 is 25.9 Å². The van der Waals surface area contributed by atoms with Crippen molar-refractivity contribution in [2.45, 2.75) is 83.7 Å². The molecule has 1 heterocycles. The van der Waals surface area contributed by atoms with Crippen LogP contribution in [0.25, 0.3) is 0 Å². The van der Waals surface area contributed by atoms with Gasteiger partial charge in [0.25, 0.3) is 0 Å². The lowest BCUT2D eigenvalue weighted by Gasteiger charge is -2.25. The number of cyclic esters (lactones) is 1. The number of amides is 7. The SMILES string of the molecule is CC(C)[C@H](NC(=O)CCC(=O)N[C@H]1CCOC1=O)C(=O)N[C@@H](CCCNC(N)=O)C(=O)Nc1ccc(COC(=O)NC[C@H](C)OP(=O)(O)O)cc1. The Morgan fingerprint density at radius 3 is 2.24 bits per heavy atom. The smallest absolute Gasteiger partial charge is 0.464 e. The van der Waals surface area contributed by atoms with Gasteiger partial charge in [-0.1, -0.05) is 26.0 Å². The fraction of sp³-hybridized carbons (Fsp3) is 0.567. The Morgan fingerprint density at radius 2 is 1.65 bits per heavy atom. The first-order chi connectivity index (χ1) is 23.9. The van der Waals surface area contributed by atoms with Crippen molar-refractivity contribution in [1.29, 1.82) is 0 Å². The highest BCUT2D eigenvalue weighted by molar-refractivity contribution is 7.46. The third-order valence-electron chi connectivity index (χ3n) is 7.16. The van der Waals surface area contributed by atoms with Crippen LogP contribution in [0.4, 0.5) is 15.3 Å². The summed E-state index contributed by atoms with van der Waals surface area (Å²) in [6.45, 7) is 4.67. The van der Waals surface area contributed by atoms with Crippen LogP contribution in [0.5, 0.6) is 0 Å². The fourth-order valence-corrected chi connectivity index (χ4v) is 5.10. The lowest BCUT2D eigenvalue weighted by Crippen LogP contribution is -2.54. The summed E-state index contributed by atoms with van der Waals surface area (Å²) >= 11 is 0. The molecule has 284 valence electrons. The monoisotopic (exact) mass is 743 g/mol. The van der Waals surface area contributed by atoms with Gasteiger partial charge in [0, 0.05) is 38.0 Å². The molecule has 1 aliphatic heterocycles. The zero-order valence-electron chi connectivity index (χ0n) is 28.5. The number of hydrogen-bond acceptors (Lipinski definition) is 11. The van der Waals surface area contributed by atoms with E-state index < -0.39 is 79.7 Å². The van der Waals surface area contributed by atoms with Crippen LogP contribution >= 0.6 is 7.82 Å². The molecule has 2 rings (SSSR count). The zero-order chi connectivity index (χ0) is 38.1. The highest BCUT2D eigenvalue weighted by Crippen LogP contribution is 2.37. The Hall–Kier alpha value is -4.78. The van der Waals surface area contributed by atoms with Gasteiger partial charge in [0.1, 0.15) is 24.7 Å². The molecule has 0 aliphatic carbocycles. The van der Waals surface area contributed by atoms with E-state index in [2.05, 4.69) is 36.4 Å². The summed E-state index contributed by atoms with van der Waals surface area (Å²) in [4.78, 5) is 104. The Kier molecular flexibility index (Phi) is 17.3. The van der Waals surface area contributed by atoms with Gasteiger partial charge in [-0.05, 0) is 43.4 Å². The van der Waals surface area contributed by atoms with Crippen molar-refractivity contribution in [2.75, 3.05) is 25.0 Å². The number of hydrogen-bond donors (Lipinski definition) is 9. The maximum Gasteiger partial charge on any atom is 0.469 e. The molecule has 21 heteroatoms. The van der Waals surface area contributed by atoms with E-state index in [0.29, 0.717) is 17.7 Å². The number of benzene rings is 1. The van der Waals surface area contributed by atoms with E-state index in [9.17, 15) is 38.1 Å². The molecule has 10 N–H and O–H groups in total. The first-order valence-corrected chi connectivity index (χ1v) is 17.6. The van der Waals surface area contributed by atoms with Crippen LogP contribution in [0, 0.1) is 5.92 Å². The van der Waals surface area contributed by atoms with E-state index in [0.717, 1.165) is 0 Å². The number of primary amides is 1. The maximum atomic E-state index is 13.3. The molecule has 51 heavy (non-hydrogen) atoms. The number of phosphoric acid groups is 1. The molecule has 0 unspecified atom stereocenters. The van der Waals surface area contributed by atoms with Gasteiger partial charge in [0.2, 0.25) is 23.6 Å². The molecule has 1 saturated heterocycles. The van der Waals surface area contributed by atoms with Crippen LogP contribution < -0.4 is 37.6 Å². The van der Waals surface area contributed by atoms with E-state index in [1.165, 1.54) is 19.1 Å². The number of nitrogens with one attached hydrogen (secondary N) is 6. The van der Waals surface area contributed by atoms with Crippen molar-refractivity contribution < 1.29 is 61.9 Å². The number of urea groups is 1. The molecule has 0 saturated carbocycles. The predicted octanol–water partition coefficient (Wildman–Crippen LogP) is -0.365. The quantitative estimate of drug-likeness (QED) is 0.0469. The molecule has 0 bridgehead atoms. The molecular weight excluding hydrogens is 697 g/mol.